The Hall–Kier alpha value is -1.33. The molecule has 0 aliphatic carbocycles. The summed E-state index contributed by atoms with van der Waals surface area (Å²) in [4.78, 5) is 24.3. The summed E-state index contributed by atoms with van der Waals surface area (Å²) in [5.41, 5.74) is 0.292. The molecule has 2 N–H and O–H groups in total. The fourth-order valence-corrected chi connectivity index (χ4v) is 2.54. The van der Waals surface area contributed by atoms with Gasteiger partial charge in [0.25, 0.3) is 5.91 Å². The van der Waals surface area contributed by atoms with Crippen LogP contribution in [0.1, 0.15) is 48.4 Å². The molecule has 0 aromatic carbocycles. The van der Waals surface area contributed by atoms with E-state index >= 15 is 0 Å². The minimum absolute atomic E-state index is 0. The van der Waals surface area contributed by atoms with Gasteiger partial charge in [0.05, 0.1) is 0 Å². The highest BCUT2D eigenvalue weighted by Gasteiger charge is 2.22. The molecule has 1 aliphatic rings. The Balaban J connectivity index is 0.00000242. The van der Waals surface area contributed by atoms with Gasteiger partial charge in [0, 0.05) is 19.0 Å². The van der Waals surface area contributed by atoms with Gasteiger partial charge >= 0.3 is 5.63 Å². The SMILES string of the molecule is Cc1cc(CCC(C)C)oc(=O)c1C(=O)N[C@H]1CCNC1.Cl. The van der Waals surface area contributed by atoms with E-state index in [1.54, 1.807) is 6.92 Å². The maximum Gasteiger partial charge on any atom is 0.349 e. The second-order valence-corrected chi connectivity index (χ2v) is 6.15. The first-order chi connectivity index (χ1) is 9.97. The Labute approximate surface area is 137 Å². The topological polar surface area (TPSA) is 71.3 Å². The van der Waals surface area contributed by atoms with Gasteiger partial charge in [-0.2, -0.15) is 0 Å². The van der Waals surface area contributed by atoms with Crippen LogP contribution in [0.4, 0.5) is 0 Å². The van der Waals surface area contributed by atoms with Crippen molar-refractivity contribution in [1.29, 1.82) is 0 Å². The van der Waals surface area contributed by atoms with Crippen LogP contribution in [0, 0.1) is 12.8 Å². The summed E-state index contributed by atoms with van der Waals surface area (Å²) in [6.45, 7) is 7.69. The minimum atomic E-state index is -0.530. The van der Waals surface area contributed by atoms with Crippen LogP contribution in [-0.4, -0.2) is 25.0 Å². The van der Waals surface area contributed by atoms with E-state index in [0.29, 0.717) is 17.2 Å². The average molecular weight is 329 g/mol. The largest absolute Gasteiger partial charge is 0.427 e. The van der Waals surface area contributed by atoms with Crippen molar-refractivity contribution in [3.63, 3.8) is 0 Å². The lowest BCUT2D eigenvalue weighted by atomic mass is 10.0. The molecule has 1 aromatic rings. The zero-order valence-electron chi connectivity index (χ0n) is 13.4. The van der Waals surface area contributed by atoms with Gasteiger partial charge in [-0.1, -0.05) is 13.8 Å². The lowest BCUT2D eigenvalue weighted by molar-refractivity contribution is 0.0935. The zero-order valence-corrected chi connectivity index (χ0v) is 14.2. The van der Waals surface area contributed by atoms with Gasteiger partial charge in [-0.15, -0.1) is 12.4 Å². The molecule has 0 bridgehead atoms. The summed E-state index contributed by atoms with van der Waals surface area (Å²) in [5.74, 6) is 0.879. The van der Waals surface area contributed by atoms with Gasteiger partial charge in [-0.05, 0) is 43.9 Å². The molecule has 0 saturated carbocycles. The lowest BCUT2D eigenvalue weighted by Crippen LogP contribution is -2.38. The van der Waals surface area contributed by atoms with E-state index in [4.69, 9.17) is 4.42 Å². The first-order valence-corrected chi connectivity index (χ1v) is 7.62. The molecule has 6 heteroatoms. The fraction of sp³-hybridized carbons (Fsp3) is 0.625. The van der Waals surface area contributed by atoms with E-state index in [1.165, 1.54) is 0 Å². The third kappa shape index (κ3) is 4.85. The normalized spacial score (nSPS) is 17.4. The third-order valence-electron chi connectivity index (χ3n) is 3.79. The van der Waals surface area contributed by atoms with Gasteiger partial charge in [0.2, 0.25) is 0 Å². The predicted octanol–water partition coefficient (Wildman–Crippen LogP) is 2.05. The Bertz CT molecular complexity index is 563. The summed E-state index contributed by atoms with van der Waals surface area (Å²) >= 11 is 0. The molecular formula is C16H25ClN2O3. The van der Waals surface area contributed by atoms with Crippen molar-refractivity contribution in [1.82, 2.24) is 10.6 Å². The van der Waals surface area contributed by atoms with E-state index in [1.807, 2.05) is 6.07 Å². The Morgan fingerprint density at radius 3 is 2.77 bits per heavy atom. The van der Waals surface area contributed by atoms with Crippen LogP contribution in [0.2, 0.25) is 0 Å². The van der Waals surface area contributed by atoms with Crippen LogP contribution >= 0.6 is 12.4 Å². The van der Waals surface area contributed by atoms with Crippen molar-refractivity contribution in [3.8, 4) is 0 Å². The summed E-state index contributed by atoms with van der Waals surface area (Å²) in [7, 11) is 0. The Kier molecular flexibility index (Phi) is 7.10. The molecule has 5 nitrogen and oxygen atoms in total. The van der Waals surface area contributed by atoms with Crippen molar-refractivity contribution < 1.29 is 9.21 Å². The number of carbonyl (C=O) groups excluding carboxylic acids is 1. The van der Waals surface area contributed by atoms with Crippen LogP contribution in [0.15, 0.2) is 15.3 Å². The van der Waals surface area contributed by atoms with Crippen molar-refractivity contribution in [2.75, 3.05) is 13.1 Å². The van der Waals surface area contributed by atoms with Gasteiger partial charge in [-0.3, -0.25) is 4.79 Å². The molecule has 22 heavy (non-hydrogen) atoms. The summed E-state index contributed by atoms with van der Waals surface area (Å²) in [5, 5.41) is 6.06. The molecular weight excluding hydrogens is 304 g/mol. The second kappa shape index (κ2) is 8.34. The number of aryl methyl sites for hydroxylation is 2. The molecule has 2 heterocycles. The summed E-state index contributed by atoms with van der Waals surface area (Å²) in [6.07, 6.45) is 2.58. The Morgan fingerprint density at radius 1 is 1.50 bits per heavy atom. The first kappa shape index (κ1) is 18.7. The van der Waals surface area contributed by atoms with Gasteiger partial charge in [-0.25, -0.2) is 4.79 Å². The predicted molar refractivity (Wildman–Crippen MR) is 88.9 cm³/mol. The highest BCUT2D eigenvalue weighted by molar-refractivity contribution is 5.95. The third-order valence-corrected chi connectivity index (χ3v) is 3.79. The smallest absolute Gasteiger partial charge is 0.349 e. The summed E-state index contributed by atoms with van der Waals surface area (Å²) < 4.78 is 5.29. The quantitative estimate of drug-likeness (QED) is 0.867. The van der Waals surface area contributed by atoms with Crippen LogP contribution in [-0.2, 0) is 6.42 Å². The maximum atomic E-state index is 12.2. The molecule has 1 saturated heterocycles. The van der Waals surface area contributed by atoms with Gasteiger partial charge in [0.1, 0.15) is 11.3 Å². The standard InChI is InChI=1S/C16H24N2O3.ClH/c1-10(2)4-5-13-8-11(3)14(16(20)21-13)15(19)18-12-6-7-17-9-12;/h8,10,12,17H,4-7,9H2,1-3H3,(H,18,19);1H/t12-;/m0./s1. The van der Waals surface area contributed by atoms with Crippen molar-refractivity contribution in [2.24, 2.45) is 5.92 Å². The number of carbonyl (C=O) groups is 1. The molecule has 0 unspecified atom stereocenters. The van der Waals surface area contributed by atoms with E-state index in [9.17, 15) is 9.59 Å². The Morgan fingerprint density at radius 2 is 2.23 bits per heavy atom. The number of amides is 1. The van der Waals surface area contributed by atoms with Gasteiger partial charge < -0.3 is 15.1 Å². The monoisotopic (exact) mass is 328 g/mol. The number of halogens is 1. The maximum absolute atomic E-state index is 12.2. The molecule has 2 rings (SSSR count). The van der Waals surface area contributed by atoms with Gasteiger partial charge in [0.15, 0.2) is 0 Å². The van der Waals surface area contributed by atoms with E-state index < -0.39 is 5.63 Å². The molecule has 0 spiro atoms. The van der Waals surface area contributed by atoms with E-state index in [-0.39, 0.29) is 29.9 Å². The number of rotatable bonds is 5. The molecule has 124 valence electrons. The fourth-order valence-electron chi connectivity index (χ4n) is 2.54. The summed E-state index contributed by atoms with van der Waals surface area (Å²) in [6, 6.07) is 1.91. The zero-order chi connectivity index (χ0) is 15.4. The molecule has 1 amide bonds. The average Bonchev–Trinajstić information content (AvgIpc) is 2.88. The van der Waals surface area contributed by atoms with Crippen LogP contribution in [0.3, 0.4) is 0 Å². The van der Waals surface area contributed by atoms with E-state index in [2.05, 4.69) is 24.5 Å². The van der Waals surface area contributed by atoms with Crippen LogP contribution in [0.5, 0.6) is 0 Å². The minimum Gasteiger partial charge on any atom is -0.427 e. The number of nitrogens with one attached hydrogen (secondary N) is 2. The highest BCUT2D eigenvalue weighted by Crippen LogP contribution is 2.12. The van der Waals surface area contributed by atoms with Crippen LogP contribution in [0.25, 0.3) is 0 Å². The highest BCUT2D eigenvalue weighted by atomic mass is 35.5. The molecule has 1 aromatic heterocycles. The molecule has 1 aliphatic heterocycles. The molecule has 1 atom stereocenters. The number of hydrogen-bond donors (Lipinski definition) is 2. The van der Waals surface area contributed by atoms with Crippen molar-refractivity contribution >= 4 is 18.3 Å². The molecule has 0 radical (unpaired) electrons. The number of hydrogen-bond acceptors (Lipinski definition) is 4. The second-order valence-electron chi connectivity index (χ2n) is 6.15. The van der Waals surface area contributed by atoms with Crippen LogP contribution < -0.4 is 16.3 Å². The molecule has 1 fully saturated rings. The van der Waals surface area contributed by atoms with E-state index in [0.717, 1.165) is 32.4 Å². The lowest BCUT2D eigenvalue weighted by Gasteiger charge is -2.12. The van der Waals surface area contributed by atoms with Crippen molar-refractivity contribution in [3.05, 3.63) is 33.4 Å². The van der Waals surface area contributed by atoms with Crippen molar-refractivity contribution in [2.45, 2.75) is 46.1 Å². The first-order valence-electron chi connectivity index (χ1n) is 7.62.